The molecule has 0 radical (unpaired) electrons. The van der Waals surface area contributed by atoms with E-state index in [1.807, 2.05) is 11.1 Å². The van der Waals surface area contributed by atoms with E-state index in [1.54, 1.807) is 18.2 Å². The molecule has 1 fully saturated rings. The number of hydrogen-bond donors (Lipinski definition) is 1. The highest BCUT2D eigenvalue weighted by atomic mass is 16.5. The zero-order chi connectivity index (χ0) is 18.8. The molecule has 0 aliphatic carbocycles. The quantitative estimate of drug-likeness (QED) is 0.900. The zero-order valence-corrected chi connectivity index (χ0v) is 15.5. The van der Waals surface area contributed by atoms with E-state index in [1.165, 1.54) is 5.69 Å². The normalized spacial score (nSPS) is 17.2. The summed E-state index contributed by atoms with van der Waals surface area (Å²) in [5.74, 6) is 0.841. The van der Waals surface area contributed by atoms with Crippen molar-refractivity contribution in [2.75, 3.05) is 25.0 Å². The Kier molecular flexibility index (Phi) is 4.83. The highest BCUT2D eigenvalue weighted by Gasteiger charge is 2.27. The van der Waals surface area contributed by atoms with E-state index in [0.29, 0.717) is 22.9 Å². The maximum absolute atomic E-state index is 12.9. The van der Waals surface area contributed by atoms with Crippen LogP contribution in [0.2, 0.25) is 0 Å². The number of fused-ring (bicyclic) bond motifs is 1. The number of piperidine rings is 1. The average Bonchev–Trinajstić information content (AvgIpc) is 3.16. The summed E-state index contributed by atoms with van der Waals surface area (Å²) in [4.78, 5) is 26.1. The molecule has 2 aliphatic heterocycles. The van der Waals surface area contributed by atoms with Gasteiger partial charge in [-0.2, -0.15) is 5.10 Å². The monoisotopic (exact) mass is 368 g/mol. The number of carbonyl (C=O) groups excluding carboxylic acids is 2. The molecule has 4 rings (SSSR count). The molecule has 2 aromatic rings. The Morgan fingerprint density at radius 1 is 1.30 bits per heavy atom. The minimum atomic E-state index is -0.175. The summed E-state index contributed by atoms with van der Waals surface area (Å²) in [7, 11) is 0. The predicted octanol–water partition coefficient (Wildman–Crippen LogP) is 2.64. The van der Waals surface area contributed by atoms with E-state index < -0.39 is 0 Å². The summed E-state index contributed by atoms with van der Waals surface area (Å²) in [6.07, 6.45) is 4.82. The van der Waals surface area contributed by atoms with Crippen LogP contribution in [0, 0.1) is 0 Å². The fourth-order valence-corrected chi connectivity index (χ4v) is 3.86. The number of carbonyl (C=O) groups is 2. The van der Waals surface area contributed by atoms with Gasteiger partial charge in [0.1, 0.15) is 5.75 Å². The Morgan fingerprint density at radius 2 is 2.11 bits per heavy atom. The third-order valence-corrected chi connectivity index (χ3v) is 5.25. The minimum Gasteiger partial charge on any atom is -0.482 e. The molecule has 1 saturated heterocycles. The molecule has 1 aromatic heterocycles. The van der Waals surface area contributed by atoms with Crippen LogP contribution in [0.15, 0.2) is 30.5 Å². The van der Waals surface area contributed by atoms with Crippen molar-refractivity contribution in [3.05, 3.63) is 41.7 Å². The first-order valence-corrected chi connectivity index (χ1v) is 9.53. The Hall–Kier alpha value is -2.83. The topological polar surface area (TPSA) is 76.5 Å². The molecule has 2 amide bonds. The Balaban J connectivity index is 1.41. The lowest BCUT2D eigenvalue weighted by molar-refractivity contribution is -0.118. The van der Waals surface area contributed by atoms with Crippen LogP contribution < -0.4 is 10.1 Å². The molecule has 1 aromatic carbocycles. The summed E-state index contributed by atoms with van der Waals surface area (Å²) >= 11 is 0. The highest BCUT2D eigenvalue weighted by molar-refractivity contribution is 5.99. The maximum Gasteiger partial charge on any atom is 0.262 e. The van der Waals surface area contributed by atoms with E-state index in [9.17, 15) is 9.59 Å². The van der Waals surface area contributed by atoms with Crippen molar-refractivity contribution in [3.63, 3.8) is 0 Å². The molecule has 2 aliphatic rings. The van der Waals surface area contributed by atoms with Gasteiger partial charge in [-0.3, -0.25) is 14.3 Å². The molecule has 27 heavy (non-hydrogen) atoms. The van der Waals surface area contributed by atoms with Gasteiger partial charge in [-0.15, -0.1) is 0 Å². The molecule has 3 heterocycles. The van der Waals surface area contributed by atoms with Gasteiger partial charge < -0.3 is 15.0 Å². The molecule has 0 spiro atoms. The molecule has 0 bridgehead atoms. The fourth-order valence-electron chi connectivity index (χ4n) is 3.86. The summed E-state index contributed by atoms with van der Waals surface area (Å²) in [5.41, 5.74) is 2.49. The Labute approximate surface area is 158 Å². The third kappa shape index (κ3) is 3.54. The zero-order valence-electron chi connectivity index (χ0n) is 15.5. The minimum absolute atomic E-state index is 0.0124. The van der Waals surface area contributed by atoms with Gasteiger partial charge in [-0.05, 0) is 43.5 Å². The van der Waals surface area contributed by atoms with Gasteiger partial charge in [-0.25, -0.2) is 0 Å². The molecule has 0 atom stereocenters. The van der Waals surface area contributed by atoms with Crippen LogP contribution >= 0.6 is 0 Å². The van der Waals surface area contributed by atoms with Crippen LogP contribution in [0.5, 0.6) is 5.75 Å². The first-order valence-electron chi connectivity index (χ1n) is 9.53. The van der Waals surface area contributed by atoms with E-state index in [2.05, 4.69) is 28.1 Å². The number of aromatic nitrogens is 2. The standard InChI is InChI=1S/C20H24N4O3/c1-2-9-24-17(5-8-21-24)14-6-10-23(11-7-14)20(26)15-3-4-16-18(12-15)27-13-19(25)22-16/h3-5,8,12,14H,2,6-7,9-11,13H2,1H3,(H,22,25). The van der Waals surface area contributed by atoms with Gasteiger partial charge in [-0.1, -0.05) is 6.92 Å². The maximum atomic E-state index is 12.9. The average molecular weight is 368 g/mol. The van der Waals surface area contributed by atoms with Crippen molar-refractivity contribution in [1.29, 1.82) is 0 Å². The Morgan fingerprint density at radius 3 is 2.89 bits per heavy atom. The van der Waals surface area contributed by atoms with Crippen molar-refractivity contribution in [3.8, 4) is 5.75 Å². The molecule has 1 N–H and O–H groups in total. The molecular weight excluding hydrogens is 344 g/mol. The highest BCUT2D eigenvalue weighted by Crippen LogP contribution is 2.31. The second kappa shape index (κ2) is 7.42. The van der Waals surface area contributed by atoms with Crippen molar-refractivity contribution in [2.45, 2.75) is 38.6 Å². The van der Waals surface area contributed by atoms with Crippen LogP contribution in [0.3, 0.4) is 0 Å². The van der Waals surface area contributed by atoms with Crippen LogP contribution in [0.1, 0.15) is 48.2 Å². The van der Waals surface area contributed by atoms with Crippen molar-refractivity contribution in [2.24, 2.45) is 0 Å². The molecule has 0 unspecified atom stereocenters. The molecule has 7 nitrogen and oxygen atoms in total. The van der Waals surface area contributed by atoms with Gasteiger partial charge >= 0.3 is 0 Å². The van der Waals surface area contributed by atoms with Crippen molar-refractivity contribution < 1.29 is 14.3 Å². The van der Waals surface area contributed by atoms with Crippen molar-refractivity contribution >= 4 is 17.5 Å². The van der Waals surface area contributed by atoms with Gasteiger partial charge in [0, 0.05) is 43.0 Å². The van der Waals surface area contributed by atoms with Gasteiger partial charge in [0.15, 0.2) is 6.61 Å². The van der Waals surface area contributed by atoms with Crippen LogP contribution in [0.4, 0.5) is 5.69 Å². The van der Waals surface area contributed by atoms with Crippen molar-refractivity contribution in [1.82, 2.24) is 14.7 Å². The number of nitrogens with zero attached hydrogens (tertiary/aromatic N) is 3. The fraction of sp³-hybridized carbons (Fsp3) is 0.450. The van der Waals surface area contributed by atoms with Gasteiger partial charge in [0.25, 0.3) is 11.8 Å². The Bertz CT molecular complexity index is 853. The van der Waals surface area contributed by atoms with E-state index >= 15 is 0 Å². The number of benzene rings is 1. The predicted molar refractivity (Wildman–Crippen MR) is 101 cm³/mol. The second-order valence-electron chi connectivity index (χ2n) is 7.09. The van der Waals surface area contributed by atoms with Gasteiger partial charge in [0.05, 0.1) is 5.69 Å². The SMILES string of the molecule is CCCn1nccc1C1CCN(C(=O)c2ccc3c(c2)OCC(=O)N3)CC1. The lowest BCUT2D eigenvalue weighted by Crippen LogP contribution is -2.38. The molecule has 142 valence electrons. The number of likely N-dealkylation sites (tertiary alicyclic amines) is 1. The molecule has 0 saturated carbocycles. The second-order valence-corrected chi connectivity index (χ2v) is 7.09. The molecule has 7 heteroatoms. The number of nitrogens with one attached hydrogen (secondary N) is 1. The summed E-state index contributed by atoms with van der Waals surface area (Å²) < 4.78 is 7.52. The van der Waals surface area contributed by atoms with Crippen LogP contribution in [0.25, 0.3) is 0 Å². The summed E-state index contributed by atoms with van der Waals surface area (Å²) in [5, 5.41) is 7.17. The number of rotatable bonds is 4. The third-order valence-electron chi connectivity index (χ3n) is 5.25. The van der Waals surface area contributed by atoms with Gasteiger partial charge in [0.2, 0.25) is 0 Å². The lowest BCUT2D eigenvalue weighted by Gasteiger charge is -2.32. The van der Waals surface area contributed by atoms with E-state index in [0.717, 1.165) is 38.9 Å². The summed E-state index contributed by atoms with van der Waals surface area (Å²) in [6, 6.07) is 7.31. The van der Waals surface area contributed by atoms with E-state index in [-0.39, 0.29) is 18.4 Å². The number of ether oxygens (including phenoxy) is 1. The number of amides is 2. The van der Waals surface area contributed by atoms with Crippen LogP contribution in [-0.2, 0) is 11.3 Å². The first-order chi connectivity index (χ1) is 13.2. The first kappa shape index (κ1) is 17.6. The number of anilines is 1. The summed E-state index contributed by atoms with van der Waals surface area (Å²) in [6.45, 7) is 4.54. The van der Waals surface area contributed by atoms with E-state index in [4.69, 9.17) is 4.74 Å². The lowest BCUT2D eigenvalue weighted by atomic mass is 9.93. The van der Waals surface area contributed by atoms with Crippen LogP contribution in [-0.4, -0.2) is 46.2 Å². The number of aryl methyl sites for hydroxylation is 1. The smallest absolute Gasteiger partial charge is 0.262 e. The largest absolute Gasteiger partial charge is 0.482 e. The number of hydrogen-bond acceptors (Lipinski definition) is 4. The molecular formula is C20H24N4O3.